The molecule has 0 aliphatic carbocycles. The molecule has 4 N–H and O–H groups in total. The van der Waals surface area contributed by atoms with E-state index in [0.717, 1.165) is 5.56 Å². The maximum atomic E-state index is 10.1. The van der Waals surface area contributed by atoms with Crippen LogP contribution in [0.4, 0.5) is 0 Å². The standard InChI is InChI=1S/C15H24O5Si/c1-21(2,3)10-6-4-9(5-7-10)15-14(19)13(18)12(17)11(8-16)20-15/h4-7,11-19H,8H2,1-3H3/t11-,12-,13+,14-,15+/m1/s1. The molecule has 0 bridgehead atoms. The number of aliphatic hydroxyl groups excluding tert-OH is 4. The van der Waals surface area contributed by atoms with E-state index < -0.39 is 45.2 Å². The molecule has 1 aromatic rings. The molecule has 0 saturated carbocycles. The van der Waals surface area contributed by atoms with E-state index in [1.165, 1.54) is 5.19 Å². The molecule has 6 heteroatoms. The van der Waals surface area contributed by atoms with Gasteiger partial charge in [-0.05, 0) is 5.56 Å². The van der Waals surface area contributed by atoms with Crippen LogP contribution in [0.2, 0.25) is 19.6 Å². The summed E-state index contributed by atoms with van der Waals surface area (Å²) in [5, 5.41) is 40.2. The monoisotopic (exact) mass is 312 g/mol. The third-order valence-corrected chi connectivity index (χ3v) is 6.06. The molecule has 0 aromatic heterocycles. The van der Waals surface area contributed by atoms with E-state index in [9.17, 15) is 20.4 Å². The van der Waals surface area contributed by atoms with Crippen LogP contribution in [-0.4, -0.2) is 59.5 Å². The van der Waals surface area contributed by atoms with Gasteiger partial charge in [0.1, 0.15) is 30.5 Å². The zero-order valence-electron chi connectivity index (χ0n) is 12.6. The predicted molar refractivity (Wildman–Crippen MR) is 82.1 cm³/mol. The Morgan fingerprint density at radius 3 is 2.00 bits per heavy atom. The number of hydrogen-bond donors (Lipinski definition) is 4. The van der Waals surface area contributed by atoms with E-state index in [2.05, 4.69) is 19.6 Å². The van der Waals surface area contributed by atoms with Crippen molar-refractivity contribution in [3.63, 3.8) is 0 Å². The van der Waals surface area contributed by atoms with E-state index in [4.69, 9.17) is 4.74 Å². The Bertz CT molecular complexity index is 468. The molecule has 5 nitrogen and oxygen atoms in total. The Kier molecular flexibility index (Phi) is 4.87. The number of ether oxygens (including phenoxy) is 1. The first-order valence-electron chi connectivity index (χ1n) is 7.16. The van der Waals surface area contributed by atoms with Crippen molar-refractivity contribution < 1.29 is 25.2 Å². The molecule has 1 aliphatic rings. The molecule has 0 radical (unpaired) electrons. The van der Waals surface area contributed by atoms with Crippen LogP contribution in [0.15, 0.2) is 24.3 Å². The summed E-state index contributed by atoms with van der Waals surface area (Å²) >= 11 is 0. The lowest BCUT2D eigenvalue weighted by atomic mass is 9.91. The highest BCUT2D eigenvalue weighted by Crippen LogP contribution is 2.32. The second kappa shape index (κ2) is 6.16. The minimum Gasteiger partial charge on any atom is -0.394 e. The summed E-state index contributed by atoms with van der Waals surface area (Å²) in [6, 6.07) is 7.78. The maximum Gasteiger partial charge on any atom is 0.113 e. The highest BCUT2D eigenvalue weighted by molar-refractivity contribution is 6.88. The molecule has 0 unspecified atom stereocenters. The van der Waals surface area contributed by atoms with Gasteiger partial charge < -0.3 is 25.2 Å². The zero-order chi connectivity index (χ0) is 15.8. The molecular weight excluding hydrogens is 288 g/mol. The molecule has 2 rings (SSSR count). The van der Waals surface area contributed by atoms with Gasteiger partial charge in [0.05, 0.1) is 14.7 Å². The topological polar surface area (TPSA) is 90.2 Å². The van der Waals surface area contributed by atoms with E-state index in [0.29, 0.717) is 0 Å². The summed E-state index contributed by atoms with van der Waals surface area (Å²) in [5.41, 5.74) is 0.730. The van der Waals surface area contributed by atoms with E-state index >= 15 is 0 Å². The molecule has 1 aromatic carbocycles. The first kappa shape index (κ1) is 16.6. The van der Waals surface area contributed by atoms with Crippen LogP contribution in [0.5, 0.6) is 0 Å². The normalized spacial score (nSPS) is 34.0. The Hall–Kier alpha value is -0.763. The molecule has 0 spiro atoms. The van der Waals surface area contributed by atoms with Crippen LogP contribution in [0.3, 0.4) is 0 Å². The lowest BCUT2D eigenvalue weighted by molar-refractivity contribution is -0.231. The molecule has 1 aliphatic heterocycles. The van der Waals surface area contributed by atoms with E-state index in [1.807, 2.05) is 24.3 Å². The molecule has 21 heavy (non-hydrogen) atoms. The van der Waals surface area contributed by atoms with Gasteiger partial charge in [-0.2, -0.15) is 0 Å². The van der Waals surface area contributed by atoms with Crippen LogP contribution in [0, 0.1) is 0 Å². The molecule has 118 valence electrons. The molecule has 1 heterocycles. The van der Waals surface area contributed by atoms with Gasteiger partial charge >= 0.3 is 0 Å². The summed E-state index contributed by atoms with van der Waals surface area (Å²) in [7, 11) is -1.40. The van der Waals surface area contributed by atoms with Crippen molar-refractivity contribution in [1.29, 1.82) is 0 Å². The first-order chi connectivity index (χ1) is 9.75. The Morgan fingerprint density at radius 1 is 0.952 bits per heavy atom. The SMILES string of the molecule is C[Si](C)(C)c1ccc([C@@H]2O[C@H](CO)[C@@H](O)[C@H](O)[C@H]2O)cc1. The Morgan fingerprint density at radius 2 is 1.52 bits per heavy atom. The fraction of sp³-hybridized carbons (Fsp3) is 0.600. The Balaban J connectivity index is 2.24. The number of benzene rings is 1. The van der Waals surface area contributed by atoms with Crippen LogP contribution < -0.4 is 5.19 Å². The highest BCUT2D eigenvalue weighted by atomic mass is 28.3. The molecule has 0 amide bonds. The van der Waals surface area contributed by atoms with Crippen LogP contribution in [0.1, 0.15) is 11.7 Å². The van der Waals surface area contributed by atoms with Gasteiger partial charge in [0.2, 0.25) is 0 Å². The lowest BCUT2D eigenvalue weighted by Gasteiger charge is -2.40. The maximum absolute atomic E-state index is 10.1. The second-order valence-electron chi connectivity index (χ2n) is 6.62. The molecule has 1 saturated heterocycles. The van der Waals surface area contributed by atoms with Gasteiger partial charge in [-0.3, -0.25) is 0 Å². The highest BCUT2D eigenvalue weighted by Gasteiger charge is 2.43. The van der Waals surface area contributed by atoms with Crippen LogP contribution >= 0.6 is 0 Å². The molecule has 5 atom stereocenters. The summed E-state index contributed by atoms with van der Waals surface area (Å²) in [5.74, 6) is 0. The van der Waals surface area contributed by atoms with Crippen molar-refractivity contribution >= 4 is 13.3 Å². The number of rotatable bonds is 3. The largest absolute Gasteiger partial charge is 0.394 e. The van der Waals surface area contributed by atoms with Crippen LogP contribution in [-0.2, 0) is 4.74 Å². The summed E-state index contributed by atoms with van der Waals surface area (Å²) < 4.78 is 5.54. The predicted octanol–water partition coefficient (Wildman–Crippen LogP) is -0.253. The van der Waals surface area contributed by atoms with Gasteiger partial charge in [-0.15, -0.1) is 0 Å². The van der Waals surface area contributed by atoms with Crippen molar-refractivity contribution in [1.82, 2.24) is 0 Å². The lowest BCUT2D eigenvalue weighted by Crippen LogP contribution is -2.55. The first-order valence-corrected chi connectivity index (χ1v) is 10.7. The van der Waals surface area contributed by atoms with Gasteiger partial charge in [0.25, 0.3) is 0 Å². The van der Waals surface area contributed by atoms with E-state index in [1.54, 1.807) is 0 Å². The molecule has 1 fully saturated rings. The fourth-order valence-corrected chi connectivity index (χ4v) is 3.72. The van der Waals surface area contributed by atoms with Crippen LogP contribution in [0.25, 0.3) is 0 Å². The van der Waals surface area contributed by atoms with Crippen molar-refractivity contribution in [3.8, 4) is 0 Å². The zero-order valence-corrected chi connectivity index (χ0v) is 13.6. The van der Waals surface area contributed by atoms with Gasteiger partial charge in [0.15, 0.2) is 0 Å². The smallest absolute Gasteiger partial charge is 0.113 e. The Labute approximate surface area is 125 Å². The second-order valence-corrected chi connectivity index (χ2v) is 11.7. The van der Waals surface area contributed by atoms with Crippen molar-refractivity contribution in [2.45, 2.75) is 50.2 Å². The average Bonchev–Trinajstić information content (AvgIpc) is 2.44. The number of aliphatic hydroxyl groups is 4. The fourth-order valence-electron chi connectivity index (χ4n) is 2.55. The summed E-state index contributed by atoms with van der Waals surface area (Å²) in [6.07, 6.45) is -5.50. The van der Waals surface area contributed by atoms with Crippen molar-refractivity contribution in [3.05, 3.63) is 29.8 Å². The third kappa shape index (κ3) is 3.36. The minimum absolute atomic E-state index is 0.408. The minimum atomic E-state index is -1.40. The average molecular weight is 312 g/mol. The van der Waals surface area contributed by atoms with Crippen molar-refractivity contribution in [2.75, 3.05) is 6.61 Å². The quantitative estimate of drug-likeness (QED) is 0.578. The van der Waals surface area contributed by atoms with E-state index in [-0.39, 0.29) is 0 Å². The van der Waals surface area contributed by atoms with Gasteiger partial charge in [-0.1, -0.05) is 49.1 Å². The molecular formula is C15H24O5Si. The number of hydrogen-bond acceptors (Lipinski definition) is 5. The van der Waals surface area contributed by atoms with Crippen molar-refractivity contribution in [2.24, 2.45) is 0 Å². The van der Waals surface area contributed by atoms with Gasteiger partial charge in [0, 0.05) is 0 Å². The summed E-state index contributed by atoms with van der Waals surface area (Å²) in [6.45, 7) is 6.33. The van der Waals surface area contributed by atoms with Gasteiger partial charge in [-0.25, -0.2) is 0 Å². The summed E-state index contributed by atoms with van der Waals surface area (Å²) in [4.78, 5) is 0. The third-order valence-electron chi connectivity index (χ3n) is 4.00.